The Morgan fingerprint density at radius 1 is 1.19 bits per heavy atom. The van der Waals surface area contributed by atoms with Crippen molar-refractivity contribution in [3.8, 4) is 0 Å². The summed E-state index contributed by atoms with van der Waals surface area (Å²) in [6.07, 6.45) is 1.66. The molecule has 1 aromatic rings. The molecule has 1 aliphatic rings. The van der Waals surface area contributed by atoms with Crippen LogP contribution in [0.4, 0.5) is 10.5 Å². The number of anilines is 1. The van der Waals surface area contributed by atoms with Crippen molar-refractivity contribution in [2.24, 2.45) is 5.92 Å². The monoisotopic (exact) mass is 361 g/mol. The van der Waals surface area contributed by atoms with Crippen LogP contribution in [0.3, 0.4) is 0 Å². The average Bonchev–Trinajstić information content (AvgIpc) is 3.05. The van der Waals surface area contributed by atoms with E-state index in [0.29, 0.717) is 31.8 Å². The third kappa shape index (κ3) is 7.33. The third-order valence-electron chi connectivity index (χ3n) is 4.24. The summed E-state index contributed by atoms with van der Waals surface area (Å²) in [6.45, 7) is 8.62. The summed E-state index contributed by atoms with van der Waals surface area (Å²) in [5, 5.41) is 5.68. The number of alkyl carbamates (subject to hydrolysis) is 1. The summed E-state index contributed by atoms with van der Waals surface area (Å²) in [5.41, 5.74) is 0.741. The molecule has 2 rings (SSSR count). The molecule has 144 valence electrons. The first-order valence-corrected chi connectivity index (χ1v) is 9.37. The van der Waals surface area contributed by atoms with Gasteiger partial charge in [0, 0.05) is 38.3 Å². The van der Waals surface area contributed by atoms with Crippen LogP contribution in [0.1, 0.15) is 40.0 Å². The Kier molecular flexibility index (Phi) is 7.30. The lowest BCUT2D eigenvalue weighted by Gasteiger charge is -2.19. The van der Waals surface area contributed by atoms with E-state index in [2.05, 4.69) is 39.8 Å². The Balaban J connectivity index is 1.56. The standard InChI is InChI=1S/C20H31N3O3/c1-20(2,3)26-19(25)21-12-7-10-18(24)22-14-16-11-13-23(15-16)17-8-5-4-6-9-17/h4-6,8-9,16H,7,10-15H2,1-3H3,(H,21,25)(H,22,24). The SMILES string of the molecule is CC(C)(C)OC(=O)NCCCC(=O)NCC1CCN(c2ccccc2)C1. The summed E-state index contributed by atoms with van der Waals surface area (Å²) in [4.78, 5) is 25.8. The van der Waals surface area contributed by atoms with Crippen molar-refractivity contribution < 1.29 is 14.3 Å². The summed E-state index contributed by atoms with van der Waals surface area (Å²) >= 11 is 0. The lowest BCUT2D eigenvalue weighted by molar-refractivity contribution is -0.121. The number of benzene rings is 1. The van der Waals surface area contributed by atoms with Crippen molar-refractivity contribution in [2.45, 2.75) is 45.6 Å². The molecule has 2 N–H and O–H groups in total. The van der Waals surface area contributed by atoms with Gasteiger partial charge >= 0.3 is 6.09 Å². The van der Waals surface area contributed by atoms with E-state index < -0.39 is 11.7 Å². The lowest BCUT2D eigenvalue weighted by Crippen LogP contribution is -2.34. The van der Waals surface area contributed by atoms with Crippen molar-refractivity contribution in [1.82, 2.24) is 10.6 Å². The van der Waals surface area contributed by atoms with Crippen molar-refractivity contribution in [2.75, 3.05) is 31.1 Å². The topological polar surface area (TPSA) is 70.7 Å². The molecule has 6 nitrogen and oxygen atoms in total. The van der Waals surface area contributed by atoms with Crippen molar-refractivity contribution in [1.29, 1.82) is 0 Å². The molecule has 0 aromatic heterocycles. The number of carbonyl (C=O) groups excluding carboxylic acids is 2. The van der Waals surface area contributed by atoms with E-state index in [1.807, 2.05) is 26.8 Å². The van der Waals surface area contributed by atoms with E-state index >= 15 is 0 Å². The first-order chi connectivity index (χ1) is 12.3. The molecule has 0 saturated carbocycles. The van der Waals surface area contributed by atoms with Crippen LogP contribution in [0.2, 0.25) is 0 Å². The van der Waals surface area contributed by atoms with Gasteiger partial charge in [-0.1, -0.05) is 18.2 Å². The van der Waals surface area contributed by atoms with Crippen LogP contribution in [0.25, 0.3) is 0 Å². The highest BCUT2D eigenvalue weighted by molar-refractivity contribution is 5.76. The third-order valence-corrected chi connectivity index (χ3v) is 4.24. The molecule has 1 saturated heterocycles. The number of carbonyl (C=O) groups is 2. The van der Waals surface area contributed by atoms with Crippen LogP contribution in [-0.2, 0) is 9.53 Å². The number of nitrogens with one attached hydrogen (secondary N) is 2. The molecule has 2 amide bonds. The Bertz CT molecular complexity index is 584. The van der Waals surface area contributed by atoms with Gasteiger partial charge < -0.3 is 20.3 Å². The maximum atomic E-state index is 12.0. The van der Waals surface area contributed by atoms with Crippen molar-refractivity contribution >= 4 is 17.7 Å². The second-order valence-corrected chi connectivity index (χ2v) is 7.77. The van der Waals surface area contributed by atoms with Crippen LogP contribution in [0.15, 0.2) is 30.3 Å². The minimum absolute atomic E-state index is 0.0362. The molecule has 1 aliphatic heterocycles. The van der Waals surface area contributed by atoms with Crippen molar-refractivity contribution in [3.05, 3.63) is 30.3 Å². The quantitative estimate of drug-likeness (QED) is 0.733. The summed E-state index contributed by atoms with van der Waals surface area (Å²) in [5.74, 6) is 0.521. The second kappa shape index (κ2) is 9.46. The fourth-order valence-corrected chi connectivity index (χ4v) is 2.97. The van der Waals surface area contributed by atoms with E-state index in [-0.39, 0.29) is 5.91 Å². The highest BCUT2D eigenvalue weighted by Crippen LogP contribution is 2.22. The van der Waals surface area contributed by atoms with Gasteiger partial charge in [-0.2, -0.15) is 0 Å². The molecule has 0 bridgehead atoms. The highest BCUT2D eigenvalue weighted by Gasteiger charge is 2.22. The van der Waals surface area contributed by atoms with E-state index in [0.717, 1.165) is 19.5 Å². The Hall–Kier alpha value is -2.24. The number of rotatable bonds is 7. The molecule has 0 radical (unpaired) electrons. The molecular formula is C20H31N3O3. The van der Waals surface area contributed by atoms with Crippen LogP contribution in [-0.4, -0.2) is 43.8 Å². The van der Waals surface area contributed by atoms with Crippen LogP contribution < -0.4 is 15.5 Å². The van der Waals surface area contributed by atoms with Gasteiger partial charge in [-0.05, 0) is 51.7 Å². The van der Waals surface area contributed by atoms with Gasteiger partial charge in [0.2, 0.25) is 5.91 Å². The van der Waals surface area contributed by atoms with Gasteiger partial charge in [0.1, 0.15) is 5.60 Å². The first kappa shape index (κ1) is 20.1. The van der Waals surface area contributed by atoms with Gasteiger partial charge in [-0.3, -0.25) is 4.79 Å². The molecule has 1 heterocycles. The van der Waals surface area contributed by atoms with Crippen LogP contribution in [0.5, 0.6) is 0 Å². The Labute approximate surface area is 156 Å². The smallest absolute Gasteiger partial charge is 0.407 e. The first-order valence-electron chi connectivity index (χ1n) is 9.37. The molecule has 1 unspecified atom stereocenters. The van der Waals surface area contributed by atoms with Gasteiger partial charge in [0.15, 0.2) is 0 Å². The average molecular weight is 361 g/mol. The van der Waals surface area contributed by atoms with E-state index in [4.69, 9.17) is 4.74 Å². The maximum absolute atomic E-state index is 12.0. The molecule has 1 atom stereocenters. The Morgan fingerprint density at radius 2 is 1.92 bits per heavy atom. The Morgan fingerprint density at radius 3 is 2.62 bits per heavy atom. The lowest BCUT2D eigenvalue weighted by atomic mass is 10.1. The zero-order valence-corrected chi connectivity index (χ0v) is 16.1. The molecule has 1 aromatic carbocycles. The zero-order chi connectivity index (χ0) is 19.0. The van der Waals surface area contributed by atoms with Gasteiger partial charge in [0.05, 0.1) is 0 Å². The van der Waals surface area contributed by atoms with Gasteiger partial charge in [-0.25, -0.2) is 4.79 Å². The predicted octanol–water partition coefficient (Wildman–Crippen LogP) is 2.93. The molecule has 0 aliphatic carbocycles. The normalized spacial score (nSPS) is 17.0. The minimum atomic E-state index is -0.504. The maximum Gasteiger partial charge on any atom is 0.407 e. The van der Waals surface area contributed by atoms with Crippen molar-refractivity contribution in [3.63, 3.8) is 0 Å². The minimum Gasteiger partial charge on any atom is -0.444 e. The molecular weight excluding hydrogens is 330 g/mol. The summed E-state index contributed by atoms with van der Waals surface area (Å²) in [7, 11) is 0. The fraction of sp³-hybridized carbons (Fsp3) is 0.600. The number of hydrogen-bond acceptors (Lipinski definition) is 4. The van der Waals surface area contributed by atoms with E-state index in [1.54, 1.807) is 0 Å². The van der Waals surface area contributed by atoms with E-state index in [9.17, 15) is 9.59 Å². The number of hydrogen-bond donors (Lipinski definition) is 2. The largest absolute Gasteiger partial charge is 0.444 e. The van der Waals surface area contributed by atoms with Crippen LogP contribution >= 0.6 is 0 Å². The number of para-hydroxylation sites is 1. The molecule has 1 fully saturated rings. The van der Waals surface area contributed by atoms with Gasteiger partial charge in [0.25, 0.3) is 0 Å². The zero-order valence-electron chi connectivity index (χ0n) is 16.1. The summed E-state index contributed by atoms with van der Waals surface area (Å²) in [6, 6.07) is 10.4. The number of ether oxygens (including phenoxy) is 1. The fourth-order valence-electron chi connectivity index (χ4n) is 2.97. The predicted molar refractivity (Wildman–Crippen MR) is 103 cm³/mol. The van der Waals surface area contributed by atoms with E-state index in [1.165, 1.54) is 5.69 Å². The molecule has 0 spiro atoms. The summed E-state index contributed by atoms with van der Waals surface area (Å²) < 4.78 is 5.15. The van der Waals surface area contributed by atoms with Crippen LogP contribution in [0, 0.1) is 5.92 Å². The number of amides is 2. The molecule has 6 heteroatoms. The number of nitrogens with zero attached hydrogens (tertiary/aromatic N) is 1. The molecule has 26 heavy (non-hydrogen) atoms. The highest BCUT2D eigenvalue weighted by atomic mass is 16.6. The second-order valence-electron chi connectivity index (χ2n) is 7.77. The van der Waals surface area contributed by atoms with Gasteiger partial charge in [-0.15, -0.1) is 0 Å².